The summed E-state index contributed by atoms with van der Waals surface area (Å²) in [6.07, 6.45) is 1.93. The van der Waals surface area contributed by atoms with E-state index in [0.717, 1.165) is 43.4 Å². The summed E-state index contributed by atoms with van der Waals surface area (Å²) >= 11 is 1.70. The Kier molecular flexibility index (Phi) is 13.1. The quantitative estimate of drug-likeness (QED) is 0.134. The Morgan fingerprint density at radius 1 is 0.471 bits per heavy atom. The first-order chi connectivity index (χ1) is 31.6. The van der Waals surface area contributed by atoms with Crippen LogP contribution in [0.25, 0.3) is 27.6 Å². The van der Waals surface area contributed by atoms with Crippen LogP contribution >= 0.6 is 11.8 Å². The van der Waals surface area contributed by atoms with Gasteiger partial charge in [0, 0.05) is 71.5 Å². The summed E-state index contributed by atoms with van der Waals surface area (Å²) in [5, 5.41) is 2.35. The van der Waals surface area contributed by atoms with E-state index in [9.17, 15) is 0 Å². The molecule has 0 saturated heterocycles. The molecule has 68 heavy (non-hydrogen) atoms. The first kappa shape index (κ1) is 49.1. The van der Waals surface area contributed by atoms with Gasteiger partial charge >= 0.3 is 0 Å². The van der Waals surface area contributed by atoms with Crippen LogP contribution in [0.3, 0.4) is 0 Å². The molecule has 0 radical (unpaired) electrons. The Morgan fingerprint density at radius 2 is 1.03 bits per heavy atom. The van der Waals surface area contributed by atoms with Gasteiger partial charge in [-0.05, 0) is 69.0 Å². The van der Waals surface area contributed by atoms with Crippen molar-refractivity contribution in [3.8, 4) is 5.82 Å². The number of hydrogen-bond acceptors (Lipinski definition) is 4. The van der Waals surface area contributed by atoms with E-state index in [1.807, 2.05) is 6.20 Å². The van der Waals surface area contributed by atoms with Gasteiger partial charge < -0.3 is 14.4 Å². The van der Waals surface area contributed by atoms with Crippen molar-refractivity contribution in [1.82, 2.24) is 9.55 Å². The van der Waals surface area contributed by atoms with Gasteiger partial charge in [0.25, 0.3) is 0 Å². The summed E-state index contributed by atoms with van der Waals surface area (Å²) in [5.74, 6) is 0.903. The van der Waals surface area contributed by atoms with Crippen LogP contribution < -0.4 is 9.80 Å². The van der Waals surface area contributed by atoms with Gasteiger partial charge in [-0.1, -0.05) is 180 Å². The van der Waals surface area contributed by atoms with E-state index in [1.54, 1.807) is 11.8 Å². The third-order valence-corrected chi connectivity index (χ3v) is 14.5. The molecule has 0 aliphatic carbocycles. The van der Waals surface area contributed by atoms with Gasteiger partial charge in [-0.2, -0.15) is 24.3 Å². The van der Waals surface area contributed by atoms with Crippen LogP contribution in [0.5, 0.6) is 0 Å². The predicted octanol–water partition coefficient (Wildman–Crippen LogP) is 16.6. The molecule has 6 heteroatoms. The molecule has 0 bridgehead atoms. The number of fused-ring (bicyclic) bond motifs is 3. The molecule has 1 aliphatic rings. The average molecular weight is 1090 g/mol. The number of nitrogens with zero attached hydrogens (tertiary/aromatic N) is 4. The molecule has 0 N–H and O–H groups in total. The third-order valence-electron chi connectivity index (χ3n) is 13.6. The summed E-state index contributed by atoms with van der Waals surface area (Å²) in [6.45, 7) is 32.6. The summed E-state index contributed by atoms with van der Waals surface area (Å²) in [4.78, 5) is 11.9. The molecule has 8 aromatic rings. The minimum absolute atomic E-state index is 0. The fourth-order valence-electron chi connectivity index (χ4n) is 9.72. The maximum Gasteiger partial charge on any atom is 0.135 e. The monoisotopic (exact) mass is 1090 g/mol. The molecule has 0 amide bonds. The number of aromatic nitrogens is 2. The molecular weight excluding hydrogens is 1030 g/mol. The molecular formula is C62H65N4PtS-3. The molecule has 1 aliphatic heterocycles. The molecule has 9 rings (SSSR count). The second-order valence-corrected chi connectivity index (χ2v) is 23.5. The van der Waals surface area contributed by atoms with Crippen molar-refractivity contribution in [2.24, 2.45) is 10.8 Å². The van der Waals surface area contributed by atoms with Crippen LogP contribution in [0.1, 0.15) is 118 Å². The number of pyridine rings is 1. The SMILES string of the molecule is CC(C)(C)C1=C(C(C)(C)C)N(c2cc(C(C)(C)c3ccccc3)cc(C(C)(C)c3ccccc3)c2)[CH-]N1c1[c-]c(Sc2[c-]c3c(cc2)c2ccccc2n3-c2cc(C(C)(C)C)ccn2)ccc1.[Pt]. The van der Waals surface area contributed by atoms with E-state index in [4.69, 9.17) is 4.98 Å². The van der Waals surface area contributed by atoms with Gasteiger partial charge in [-0.25, -0.2) is 4.98 Å². The van der Waals surface area contributed by atoms with E-state index < -0.39 is 0 Å². The smallest absolute Gasteiger partial charge is 0.135 e. The summed E-state index contributed by atoms with van der Waals surface area (Å²) in [6, 6.07) is 60.9. The molecule has 6 aromatic carbocycles. The molecule has 352 valence electrons. The van der Waals surface area contributed by atoms with Crippen LogP contribution in [0, 0.1) is 29.6 Å². The Balaban J connectivity index is 0.00000625. The van der Waals surface area contributed by atoms with Gasteiger partial charge in [0.15, 0.2) is 0 Å². The van der Waals surface area contributed by atoms with Crippen molar-refractivity contribution in [2.75, 3.05) is 9.80 Å². The molecule has 0 saturated carbocycles. The number of hydrogen-bond donors (Lipinski definition) is 0. The normalized spacial score (nSPS) is 14.0. The zero-order chi connectivity index (χ0) is 47.7. The topological polar surface area (TPSA) is 24.3 Å². The Bertz CT molecular complexity index is 3070. The van der Waals surface area contributed by atoms with Gasteiger partial charge in [0.05, 0.1) is 0 Å². The van der Waals surface area contributed by atoms with E-state index >= 15 is 0 Å². The zero-order valence-corrected chi connectivity index (χ0v) is 45.1. The van der Waals surface area contributed by atoms with Crippen LogP contribution in [-0.2, 0) is 37.3 Å². The molecule has 4 nitrogen and oxygen atoms in total. The van der Waals surface area contributed by atoms with E-state index in [2.05, 4.69) is 269 Å². The van der Waals surface area contributed by atoms with Crippen LogP contribution in [0.2, 0.25) is 0 Å². The van der Waals surface area contributed by atoms with E-state index in [-0.39, 0.29) is 48.1 Å². The summed E-state index contributed by atoms with van der Waals surface area (Å²) in [5.41, 5.74) is 12.3. The van der Waals surface area contributed by atoms with Crippen LogP contribution in [0.4, 0.5) is 11.4 Å². The van der Waals surface area contributed by atoms with Crippen molar-refractivity contribution in [3.05, 3.63) is 210 Å². The van der Waals surface area contributed by atoms with Crippen LogP contribution in [0.15, 0.2) is 173 Å². The van der Waals surface area contributed by atoms with Crippen molar-refractivity contribution in [2.45, 2.75) is 116 Å². The Labute approximate surface area is 425 Å². The third kappa shape index (κ3) is 9.26. The van der Waals surface area contributed by atoms with Gasteiger partial charge in [-0.3, -0.25) is 0 Å². The minimum Gasteiger partial charge on any atom is -0.497 e. The largest absolute Gasteiger partial charge is 0.497 e. The molecule has 0 unspecified atom stereocenters. The number of anilines is 2. The first-order valence-electron chi connectivity index (χ1n) is 23.7. The molecule has 3 heterocycles. The second kappa shape index (κ2) is 18.2. The summed E-state index contributed by atoms with van der Waals surface area (Å²) in [7, 11) is 0. The number of allylic oxidation sites excluding steroid dienone is 2. The maximum absolute atomic E-state index is 4.92. The van der Waals surface area contributed by atoms with Crippen molar-refractivity contribution >= 4 is 44.9 Å². The zero-order valence-electron chi connectivity index (χ0n) is 42.0. The van der Waals surface area contributed by atoms with Gasteiger partial charge in [0.2, 0.25) is 0 Å². The van der Waals surface area contributed by atoms with Crippen molar-refractivity contribution in [1.29, 1.82) is 0 Å². The predicted molar refractivity (Wildman–Crippen MR) is 284 cm³/mol. The summed E-state index contributed by atoms with van der Waals surface area (Å²) < 4.78 is 2.27. The number of para-hydroxylation sites is 1. The second-order valence-electron chi connectivity index (χ2n) is 22.4. The maximum atomic E-state index is 4.92. The molecule has 0 atom stereocenters. The fourth-order valence-corrected chi connectivity index (χ4v) is 10.5. The van der Waals surface area contributed by atoms with Crippen molar-refractivity contribution < 1.29 is 21.1 Å². The van der Waals surface area contributed by atoms with Gasteiger partial charge in [-0.15, -0.1) is 57.5 Å². The Morgan fingerprint density at radius 3 is 1.62 bits per heavy atom. The number of benzene rings is 6. The first-order valence-corrected chi connectivity index (χ1v) is 24.5. The van der Waals surface area contributed by atoms with Crippen LogP contribution in [-0.4, -0.2) is 9.55 Å². The standard InChI is InChI=1S/C62H65N4S.Pt/c1-58(2,3)44-33-34-63-55(38-44)66-53-30-21-20-29-51(53)52-32-31-50(40-54(52)66)67-49-28-22-27-47(39-49)64-41-65(57(60(7,8)9)56(64)59(4,5)6)48-36-45(61(10,11)42-23-16-14-17-24-42)35-46(37-48)62(12,13)43-25-18-15-19-26-43;/h14-38,41H,1-13H3;/q-3;. The van der Waals surface area contributed by atoms with Crippen molar-refractivity contribution in [3.63, 3.8) is 0 Å². The number of rotatable bonds is 9. The minimum atomic E-state index is -0.253. The fraction of sp³-hybridized carbons (Fsp3) is 0.290. The Hall–Kier alpha value is -5.35. The van der Waals surface area contributed by atoms with Gasteiger partial charge in [0.1, 0.15) is 5.82 Å². The molecule has 2 aromatic heterocycles. The average Bonchev–Trinajstić information content (AvgIpc) is 3.88. The molecule has 0 spiro atoms. The van der Waals surface area contributed by atoms with E-state index in [0.29, 0.717) is 0 Å². The van der Waals surface area contributed by atoms with E-state index in [1.165, 1.54) is 44.6 Å². The molecule has 0 fully saturated rings.